The zero-order chi connectivity index (χ0) is 19.6. The molecule has 1 fully saturated rings. The van der Waals surface area contributed by atoms with Crippen molar-refractivity contribution in [3.63, 3.8) is 0 Å². The van der Waals surface area contributed by atoms with Gasteiger partial charge in [0.1, 0.15) is 24.5 Å². The number of rotatable bonds is 3. The van der Waals surface area contributed by atoms with Crippen LogP contribution >= 0.6 is 11.8 Å². The molecule has 1 aromatic carbocycles. The highest BCUT2D eigenvalue weighted by Crippen LogP contribution is 2.39. The first kappa shape index (κ1) is 18.4. The van der Waals surface area contributed by atoms with Crippen molar-refractivity contribution >= 4 is 30.4 Å². The van der Waals surface area contributed by atoms with Crippen molar-refractivity contribution in [1.29, 1.82) is 5.26 Å². The van der Waals surface area contributed by atoms with E-state index in [1.807, 2.05) is 30.3 Å². The van der Waals surface area contributed by atoms with E-state index in [1.54, 1.807) is 25.0 Å². The van der Waals surface area contributed by atoms with Gasteiger partial charge in [0.2, 0.25) is 12.0 Å². The third kappa shape index (κ3) is 3.44. The van der Waals surface area contributed by atoms with Crippen LogP contribution in [0.1, 0.15) is 18.4 Å². The van der Waals surface area contributed by atoms with Crippen LogP contribution < -0.4 is 0 Å². The molecule has 3 aliphatic rings. The lowest BCUT2D eigenvalue weighted by Crippen LogP contribution is -2.46. The highest BCUT2D eigenvalue weighted by atomic mass is 35.5. The van der Waals surface area contributed by atoms with Gasteiger partial charge in [-0.15, -0.1) is 4.00 Å². The van der Waals surface area contributed by atoms with Crippen molar-refractivity contribution in [2.45, 2.75) is 25.5 Å². The van der Waals surface area contributed by atoms with E-state index < -0.39 is 12.1 Å². The minimum atomic E-state index is -0.570. The Morgan fingerprint density at radius 1 is 1.39 bits per heavy atom. The lowest BCUT2D eigenvalue weighted by atomic mass is 9.88. The molecule has 3 unspecified atom stereocenters. The molecule has 3 atom stereocenters. The molecule has 1 saturated heterocycles. The molecular weight excluding hydrogens is 378 g/mol. The average Bonchev–Trinajstić information content (AvgIpc) is 3.09. The van der Waals surface area contributed by atoms with Crippen molar-refractivity contribution in [2.75, 3.05) is 6.54 Å². The summed E-state index contributed by atoms with van der Waals surface area (Å²) < 4.78 is 5.37. The number of ether oxygens (including phenoxy) is 1. The number of carbonyl (C=O) groups excluding carboxylic acids is 1. The number of halogens is 1. The van der Waals surface area contributed by atoms with Crippen LogP contribution in [-0.4, -0.2) is 40.1 Å². The molecule has 0 N–H and O–H groups in total. The number of fused-ring (bicyclic) bond motifs is 1. The molecule has 1 aromatic rings. The molecule has 0 spiro atoms. The Morgan fingerprint density at radius 2 is 2.21 bits per heavy atom. The molecule has 1 amide bonds. The quantitative estimate of drug-likeness (QED) is 0.730. The molecule has 8 heteroatoms. The lowest BCUT2D eigenvalue weighted by molar-refractivity contribution is -0.592. The Morgan fingerprint density at radius 3 is 3.00 bits per heavy atom. The van der Waals surface area contributed by atoms with Crippen LogP contribution in [0.3, 0.4) is 0 Å². The fourth-order valence-electron chi connectivity index (χ4n) is 3.64. The predicted octanol–water partition coefficient (Wildman–Crippen LogP) is 3.71. The summed E-state index contributed by atoms with van der Waals surface area (Å²) in [6.07, 6.45) is 7.43. The standard InChI is InChI=1S/C20H19ClN5O2/c21-26-9-7-23-12-18(26)19(24-14-26)16-6-8-25(17(10-16)11-22)20(27)28-13-15-4-2-1-3-5-15/h1-5,7,9,12,14,16-17H,6,8,10,13H2/q+1. The fourth-order valence-corrected chi connectivity index (χ4v) is 3.87. The van der Waals surface area contributed by atoms with Gasteiger partial charge in [0.25, 0.3) is 0 Å². The van der Waals surface area contributed by atoms with E-state index in [2.05, 4.69) is 16.1 Å². The molecule has 28 heavy (non-hydrogen) atoms. The number of allylic oxidation sites excluding steroid dienone is 2. The van der Waals surface area contributed by atoms with Crippen molar-refractivity contribution in [3.8, 4) is 6.07 Å². The third-order valence-corrected chi connectivity index (χ3v) is 5.52. The fraction of sp³-hybridized carbons (Fsp3) is 0.300. The van der Waals surface area contributed by atoms with Gasteiger partial charge < -0.3 is 4.74 Å². The van der Waals surface area contributed by atoms with E-state index in [1.165, 1.54) is 4.90 Å². The van der Waals surface area contributed by atoms with Gasteiger partial charge in [-0.2, -0.15) is 10.3 Å². The average molecular weight is 397 g/mol. The summed E-state index contributed by atoms with van der Waals surface area (Å²) in [7, 11) is 0. The zero-order valence-electron chi connectivity index (χ0n) is 15.1. The minimum Gasteiger partial charge on any atom is -0.445 e. The number of quaternary nitrogens is 1. The molecule has 3 aliphatic heterocycles. The minimum absolute atomic E-state index is 0.0324. The van der Waals surface area contributed by atoms with Gasteiger partial charge >= 0.3 is 6.09 Å². The Bertz CT molecular complexity index is 934. The van der Waals surface area contributed by atoms with E-state index in [0.29, 0.717) is 19.4 Å². The molecule has 142 valence electrons. The van der Waals surface area contributed by atoms with Gasteiger partial charge in [-0.05, 0) is 18.4 Å². The molecule has 3 heterocycles. The third-order valence-electron chi connectivity index (χ3n) is 5.14. The van der Waals surface area contributed by atoms with Gasteiger partial charge in [0, 0.05) is 12.5 Å². The van der Waals surface area contributed by atoms with Crippen molar-refractivity contribution in [2.24, 2.45) is 15.9 Å². The number of carbonyl (C=O) groups is 1. The number of nitriles is 1. The van der Waals surface area contributed by atoms with Crippen LogP contribution in [0.5, 0.6) is 0 Å². The topological polar surface area (TPSA) is 78.0 Å². The van der Waals surface area contributed by atoms with Gasteiger partial charge in [0.05, 0.1) is 18.5 Å². The van der Waals surface area contributed by atoms with Crippen LogP contribution in [0.25, 0.3) is 0 Å². The second-order valence-electron chi connectivity index (χ2n) is 6.88. The SMILES string of the molecule is N#CC1CC(C2=C3C=NC=C[N+]3(Cl)C=N2)CCN1C(=O)OCc1ccccc1. The first-order chi connectivity index (χ1) is 13.6. The molecule has 0 saturated carbocycles. The number of amides is 1. The molecule has 7 nitrogen and oxygen atoms in total. The van der Waals surface area contributed by atoms with Crippen molar-refractivity contribution in [3.05, 3.63) is 59.7 Å². The second kappa shape index (κ2) is 7.58. The van der Waals surface area contributed by atoms with Crippen LogP contribution in [0, 0.1) is 17.2 Å². The highest BCUT2D eigenvalue weighted by Gasteiger charge is 2.43. The largest absolute Gasteiger partial charge is 0.445 e. The van der Waals surface area contributed by atoms with Gasteiger partial charge in [-0.3, -0.25) is 9.89 Å². The van der Waals surface area contributed by atoms with E-state index in [9.17, 15) is 10.1 Å². The Labute approximate surface area is 168 Å². The predicted molar refractivity (Wildman–Crippen MR) is 105 cm³/mol. The maximum atomic E-state index is 12.5. The summed E-state index contributed by atoms with van der Waals surface area (Å²) in [5.74, 6) is 0.0331. The van der Waals surface area contributed by atoms with Gasteiger partial charge in [-0.1, -0.05) is 30.3 Å². The summed E-state index contributed by atoms with van der Waals surface area (Å²) in [6.45, 7) is 0.616. The van der Waals surface area contributed by atoms with E-state index in [4.69, 9.17) is 16.5 Å². The van der Waals surface area contributed by atoms with Crippen LogP contribution in [0.2, 0.25) is 0 Å². The number of benzene rings is 1. The number of hydrogen-bond donors (Lipinski definition) is 0. The zero-order valence-corrected chi connectivity index (χ0v) is 15.9. The first-order valence-corrected chi connectivity index (χ1v) is 9.40. The Hall–Kier alpha value is -2.95. The van der Waals surface area contributed by atoms with E-state index >= 15 is 0 Å². The molecule has 0 aromatic heterocycles. The Balaban J connectivity index is 1.43. The maximum absolute atomic E-state index is 12.5. The van der Waals surface area contributed by atoms with Crippen molar-refractivity contribution in [1.82, 2.24) is 4.90 Å². The highest BCUT2D eigenvalue weighted by molar-refractivity contribution is 6.14. The molecule has 0 bridgehead atoms. The van der Waals surface area contributed by atoms with E-state index in [-0.39, 0.29) is 16.5 Å². The molecular formula is C20H19ClN5O2+. The summed E-state index contributed by atoms with van der Waals surface area (Å²) in [5, 5.41) is 9.62. The first-order valence-electron chi connectivity index (χ1n) is 9.06. The number of hydrogen-bond acceptors (Lipinski definition) is 5. The van der Waals surface area contributed by atoms with Crippen LogP contribution in [0.4, 0.5) is 4.79 Å². The molecule has 4 rings (SSSR count). The summed E-state index contributed by atoms with van der Waals surface area (Å²) >= 11 is 6.54. The van der Waals surface area contributed by atoms with Crippen molar-refractivity contribution < 1.29 is 13.5 Å². The van der Waals surface area contributed by atoms with Gasteiger partial charge in [0.15, 0.2) is 11.8 Å². The maximum Gasteiger partial charge on any atom is 0.411 e. The normalized spacial score (nSPS) is 28.2. The van der Waals surface area contributed by atoms with Crippen LogP contribution in [0.15, 0.2) is 64.1 Å². The summed E-state index contributed by atoms with van der Waals surface area (Å²) in [4.78, 5) is 22.7. The van der Waals surface area contributed by atoms with Crippen LogP contribution in [-0.2, 0) is 11.3 Å². The summed E-state index contributed by atoms with van der Waals surface area (Å²) in [5.41, 5.74) is 2.54. The Kier molecular flexibility index (Phi) is 4.99. The number of likely N-dealkylation sites (tertiary alicyclic amines) is 1. The second-order valence-corrected chi connectivity index (χ2v) is 7.44. The molecule has 0 aliphatic carbocycles. The van der Waals surface area contributed by atoms with Gasteiger partial charge in [-0.25, -0.2) is 4.79 Å². The van der Waals surface area contributed by atoms with E-state index in [0.717, 1.165) is 17.0 Å². The monoisotopic (exact) mass is 396 g/mol. The lowest BCUT2D eigenvalue weighted by Gasteiger charge is -2.35. The number of piperidine rings is 1. The summed E-state index contributed by atoms with van der Waals surface area (Å²) in [6, 6.07) is 11.1. The smallest absolute Gasteiger partial charge is 0.411 e. The molecule has 0 radical (unpaired) electrons. The number of aliphatic imine (C=N–C) groups is 2. The number of nitrogens with zero attached hydrogens (tertiary/aromatic N) is 5.